The van der Waals surface area contributed by atoms with Gasteiger partial charge in [-0.15, -0.1) is 0 Å². The Morgan fingerprint density at radius 2 is 1.95 bits per heavy atom. The second kappa shape index (κ2) is 7.87. The van der Waals surface area contributed by atoms with Crippen LogP contribution < -0.4 is 15.8 Å². The molecule has 0 aromatic heterocycles. The molecule has 0 fully saturated rings. The van der Waals surface area contributed by atoms with Gasteiger partial charge in [0.05, 0.1) is 0 Å². The summed E-state index contributed by atoms with van der Waals surface area (Å²) in [6.07, 6.45) is -2.92. The molecular formula is C14H19F3N2O2. The minimum atomic E-state index is -4.37. The lowest BCUT2D eigenvalue weighted by Gasteiger charge is -2.12. The Morgan fingerprint density at radius 1 is 1.33 bits per heavy atom. The second-order valence-corrected chi connectivity index (χ2v) is 4.75. The second-order valence-electron chi connectivity index (χ2n) is 4.75. The van der Waals surface area contributed by atoms with Crippen LogP contribution in [0.3, 0.4) is 0 Å². The summed E-state index contributed by atoms with van der Waals surface area (Å²) >= 11 is 0. The number of carbonyl (C=O) groups is 1. The van der Waals surface area contributed by atoms with Crippen molar-refractivity contribution in [2.75, 3.05) is 18.5 Å². The Kier molecular flexibility index (Phi) is 6.48. The highest BCUT2D eigenvalue weighted by atomic mass is 19.4. The number of nitrogens with two attached hydrogens (primary N) is 1. The number of ether oxygens (including phenoxy) is 1. The van der Waals surface area contributed by atoms with Gasteiger partial charge in [0.15, 0.2) is 6.61 Å². The molecule has 21 heavy (non-hydrogen) atoms. The summed E-state index contributed by atoms with van der Waals surface area (Å²) < 4.78 is 40.6. The number of rotatable bonds is 7. The van der Waals surface area contributed by atoms with E-state index in [0.717, 1.165) is 6.42 Å². The Bertz CT molecular complexity index is 447. The standard InChI is InChI=1S/C14H19F3N2O2/c1-10(3-2-8-18)13(20)19-11-4-6-12(7-5-11)21-9-14(15,16)17/h4-7,10H,2-3,8-9,18H2,1H3,(H,19,20). The van der Waals surface area contributed by atoms with Crippen molar-refractivity contribution in [3.8, 4) is 5.75 Å². The molecule has 1 aromatic rings. The van der Waals surface area contributed by atoms with E-state index in [9.17, 15) is 18.0 Å². The topological polar surface area (TPSA) is 64.4 Å². The van der Waals surface area contributed by atoms with Gasteiger partial charge < -0.3 is 15.8 Å². The molecule has 1 aromatic carbocycles. The quantitative estimate of drug-likeness (QED) is 0.814. The summed E-state index contributed by atoms with van der Waals surface area (Å²) in [6, 6.07) is 5.76. The molecule has 0 heterocycles. The SMILES string of the molecule is CC(CCCN)C(=O)Nc1ccc(OCC(F)(F)F)cc1. The first kappa shape index (κ1) is 17.3. The fraction of sp³-hybridized carbons (Fsp3) is 0.500. The molecule has 0 spiro atoms. The third-order valence-corrected chi connectivity index (χ3v) is 2.81. The highest BCUT2D eigenvalue weighted by Crippen LogP contribution is 2.20. The number of hydrogen-bond donors (Lipinski definition) is 2. The molecule has 0 saturated carbocycles. The minimum Gasteiger partial charge on any atom is -0.484 e. The molecule has 1 atom stereocenters. The maximum atomic E-state index is 12.0. The zero-order valence-electron chi connectivity index (χ0n) is 11.7. The summed E-state index contributed by atoms with van der Waals surface area (Å²) in [5, 5.41) is 2.69. The van der Waals surface area contributed by atoms with Gasteiger partial charge in [0.2, 0.25) is 5.91 Å². The van der Waals surface area contributed by atoms with Crippen molar-refractivity contribution in [3.05, 3.63) is 24.3 Å². The largest absolute Gasteiger partial charge is 0.484 e. The van der Waals surface area contributed by atoms with E-state index in [4.69, 9.17) is 5.73 Å². The van der Waals surface area contributed by atoms with E-state index in [0.29, 0.717) is 18.7 Å². The Morgan fingerprint density at radius 3 is 2.48 bits per heavy atom. The zero-order chi connectivity index (χ0) is 15.9. The molecule has 4 nitrogen and oxygen atoms in total. The minimum absolute atomic E-state index is 0.0986. The lowest BCUT2D eigenvalue weighted by molar-refractivity contribution is -0.153. The molecule has 0 radical (unpaired) electrons. The maximum absolute atomic E-state index is 12.0. The third kappa shape index (κ3) is 6.99. The summed E-state index contributed by atoms with van der Waals surface area (Å²) in [4.78, 5) is 11.8. The van der Waals surface area contributed by atoms with Crippen molar-refractivity contribution in [1.29, 1.82) is 0 Å². The van der Waals surface area contributed by atoms with E-state index in [1.807, 2.05) is 0 Å². The van der Waals surface area contributed by atoms with Gasteiger partial charge in [0.1, 0.15) is 5.75 Å². The van der Waals surface area contributed by atoms with Gasteiger partial charge in [-0.2, -0.15) is 13.2 Å². The zero-order valence-corrected chi connectivity index (χ0v) is 11.7. The molecule has 0 aliphatic carbocycles. The van der Waals surface area contributed by atoms with E-state index in [1.54, 1.807) is 6.92 Å². The summed E-state index contributed by atoms with van der Waals surface area (Å²) in [5.41, 5.74) is 5.89. The lowest BCUT2D eigenvalue weighted by atomic mass is 10.0. The molecular weight excluding hydrogens is 285 g/mol. The van der Waals surface area contributed by atoms with Crippen LogP contribution in [0.1, 0.15) is 19.8 Å². The highest BCUT2D eigenvalue weighted by Gasteiger charge is 2.28. The fourth-order valence-corrected chi connectivity index (χ4v) is 1.62. The van der Waals surface area contributed by atoms with E-state index in [-0.39, 0.29) is 17.6 Å². The van der Waals surface area contributed by atoms with Crippen LogP contribution in [0, 0.1) is 5.92 Å². The number of hydrogen-bond acceptors (Lipinski definition) is 3. The highest BCUT2D eigenvalue weighted by molar-refractivity contribution is 5.92. The van der Waals surface area contributed by atoms with Crippen LogP contribution >= 0.6 is 0 Å². The van der Waals surface area contributed by atoms with Crippen molar-refractivity contribution in [2.24, 2.45) is 11.7 Å². The van der Waals surface area contributed by atoms with Crippen LogP contribution in [0.5, 0.6) is 5.75 Å². The van der Waals surface area contributed by atoms with Crippen LogP contribution in [0.2, 0.25) is 0 Å². The predicted molar refractivity (Wildman–Crippen MR) is 74.1 cm³/mol. The smallest absolute Gasteiger partial charge is 0.422 e. The van der Waals surface area contributed by atoms with Crippen LogP contribution in [0.25, 0.3) is 0 Å². The maximum Gasteiger partial charge on any atom is 0.422 e. The molecule has 118 valence electrons. The normalized spacial score (nSPS) is 12.8. The van der Waals surface area contributed by atoms with Crippen molar-refractivity contribution in [1.82, 2.24) is 0 Å². The number of carbonyl (C=O) groups excluding carboxylic acids is 1. The third-order valence-electron chi connectivity index (χ3n) is 2.81. The molecule has 1 unspecified atom stereocenters. The molecule has 7 heteroatoms. The first-order valence-electron chi connectivity index (χ1n) is 6.62. The summed E-state index contributed by atoms with van der Waals surface area (Å²) in [7, 11) is 0. The van der Waals surface area contributed by atoms with Gasteiger partial charge in [-0.05, 0) is 43.7 Å². The average Bonchev–Trinajstić information content (AvgIpc) is 2.43. The average molecular weight is 304 g/mol. The number of anilines is 1. The van der Waals surface area contributed by atoms with Gasteiger partial charge in [-0.25, -0.2) is 0 Å². The van der Waals surface area contributed by atoms with Gasteiger partial charge in [-0.3, -0.25) is 4.79 Å². The van der Waals surface area contributed by atoms with Gasteiger partial charge in [0.25, 0.3) is 0 Å². The van der Waals surface area contributed by atoms with Crippen molar-refractivity contribution >= 4 is 11.6 Å². The summed E-state index contributed by atoms with van der Waals surface area (Å²) in [6.45, 7) is 0.990. The van der Waals surface area contributed by atoms with Gasteiger partial charge >= 0.3 is 6.18 Å². The molecule has 0 bridgehead atoms. The van der Waals surface area contributed by atoms with E-state index >= 15 is 0 Å². The van der Waals surface area contributed by atoms with Gasteiger partial charge in [0, 0.05) is 11.6 Å². The van der Waals surface area contributed by atoms with Crippen molar-refractivity contribution in [3.63, 3.8) is 0 Å². The summed E-state index contributed by atoms with van der Waals surface area (Å²) in [5.74, 6) is -0.219. The predicted octanol–water partition coefficient (Wildman–Crippen LogP) is 2.94. The Balaban J connectivity index is 2.49. The lowest BCUT2D eigenvalue weighted by Crippen LogP contribution is -2.21. The molecule has 0 aliphatic rings. The first-order valence-corrected chi connectivity index (χ1v) is 6.62. The van der Waals surface area contributed by atoms with Crippen LogP contribution in [0.4, 0.5) is 18.9 Å². The molecule has 0 saturated heterocycles. The number of halogens is 3. The van der Waals surface area contributed by atoms with Crippen molar-refractivity contribution < 1.29 is 22.7 Å². The van der Waals surface area contributed by atoms with Crippen molar-refractivity contribution in [2.45, 2.75) is 25.9 Å². The van der Waals surface area contributed by atoms with Crippen LogP contribution in [-0.4, -0.2) is 25.2 Å². The molecule has 3 N–H and O–H groups in total. The number of amides is 1. The van der Waals surface area contributed by atoms with E-state index < -0.39 is 12.8 Å². The van der Waals surface area contributed by atoms with Crippen LogP contribution in [0.15, 0.2) is 24.3 Å². The Labute approximate surface area is 121 Å². The Hall–Kier alpha value is -1.76. The molecule has 1 rings (SSSR count). The first-order chi connectivity index (χ1) is 9.81. The number of benzene rings is 1. The fourth-order valence-electron chi connectivity index (χ4n) is 1.62. The monoisotopic (exact) mass is 304 g/mol. The van der Waals surface area contributed by atoms with E-state index in [1.165, 1.54) is 24.3 Å². The van der Waals surface area contributed by atoms with E-state index in [2.05, 4.69) is 10.1 Å². The number of nitrogens with one attached hydrogen (secondary N) is 1. The molecule has 0 aliphatic heterocycles. The molecule has 1 amide bonds. The van der Waals surface area contributed by atoms with Crippen LogP contribution in [-0.2, 0) is 4.79 Å². The van der Waals surface area contributed by atoms with Gasteiger partial charge in [-0.1, -0.05) is 6.92 Å². The number of alkyl halides is 3.